The number of hydrogen-bond acceptors (Lipinski definition) is 6. The molecule has 2 unspecified atom stereocenters. The maximum absolute atomic E-state index is 12.4. The summed E-state index contributed by atoms with van der Waals surface area (Å²) in [5, 5.41) is 18.3. The van der Waals surface area contributed by atoms with Crippen molar-refractivity contribution in [1.82, 2.24) is 9.80 Å². The fourth-order valence-corrected chi connectivity index (χ4v) is 9.49. The molecule has 0 rings (SSSR count). The molecule has 0 radical (unpaired) electrons. The first-order chi connectivity index (χ1) is 37.5. The highest BCUT2D eigenvalue weighted by Gasteiger charge is 2.14. The van der Waals surface area contributed by atoms with E-state index < -0.39 is 5.97 Å². The van der Waals surface area contributed by atoms with Crippen molar-refractivity contribution in [1.29, 1.82) is 0 Å². The van der Waals surface area contributed by atoms with Gasteiger partial charge in [-0.2, -0.15) is 0 Å². The summed E-state index contributed by atoms with van der Waals surface area (Å²) in [6.45, 7) is 10.9. The van der Waals surface area contributed by atoms with Crippen molar-refractivity contribution in [2.24, 2.45) is 0 Å². The molecule has 7 heteroatoms. The van der Waals surface area contributed by atoms with E-state index in [9.17, 15) is 14.7 Å². The summed E-state index contributed by atoms with van der Waals surface area (Å²) in [6.07, 6.45) is 77.7. The molecule has 0 aliphatic rings. The maximum atomic E-state index is 12.4. The van der Waals surface area contributed by atoms with Crippen LogP contribution in [0, 0.1) is 0 Å². The molecule has 0 bridgehead atoms. The first-order valence-electron chi connectivity index (χ1n) is 33.5. The Balaban J connectivity index is -0.00000125. The SMILES string of the molecule is CCCCC/C=C\C/C=C\CCCCCCCCCC(CCCCCCCCC)OC(=O)CCCN(C)C.CCCCC/C=C\C/C=C\CCCCCCCCCC(O)CCCCCCCCC.CN(C)CCCC(=O)O. The molecule has 0 spiro atoms. The highest BCUT2D eigenvalue weighted by molar-refractivity contribution is 5.69. The quantitative estimate of drug-likeness (QED) is 0.0356. The lowest BCUT2D eigenvalue weighted by Crippen LogP contribution is -2.20. The highest BCUT2D eigenvalue weighted by atomic mass is 16.5. The van der Waals surface area contributed by atoms with Crippen molar-refractivity contribution in [3.63, 3.8) is 0 Å². The summed E-state index contributed by atoms with van der Waals surface area (Å²) >= 11 is 0. The van der Waals surface area contributed by atoms with Gasteiger partial charge in [-0.1, -0.05) is 256 Å². The van der Waals surface area contributed by atoms with E-state index in [1.165, 1.54) is 244 Å². The van der Waals surface area contributed by atoms with Crippen LogP contribution in [0.5, 0.6) is 0 Å². The standard InChI is InChI=1S/C35H67NO2.C29H56O.C6H13NO2/c1-5-7-9-11-13-14-15-16-17-18-19-20-21-22-24-26-28-31-34(30-27-25-23-12-10-8-6-2)38-35(37)32-29-33-36(3)4;1-3-5-7-9-11-12-13-14-15-16-17-18-19-20-22-24-26-28-29(30)27-25-23-21-10-8-6-4-2;1-7(2)5-3-4-6(8)9/h13-14,16-17,34H,5-12,15,18-33H2,1-4H3;11-12,14-15,29-30H,3-10,13,16-28H2,1-2H3;3-5H2,1-2H3,(H,8,9)/b14-13-,17-16-;12-11-,15-14-;. The van der Waals surface area contributed by atoms with Gasteiger partial charge >= 0.3 is 11.9 Å². The summed E-state index contributed by atoms with van der Waals surface area (Å²) in [5.74, 6) is -0.700. The van der Waals surface area contributed by atoms with Crippen LogP contribution in [0.4, 0.5) is 0 Å². The van der Waals surface area contributed by atoms with E-state index in [0.717, 1.165) is 64.5 Å². The average molecular weight is 1090 g/mol. The summed E-state index contributed by atoms with van der Waals surface area (Å²) in [4.78, 5) is 26.4. The normalized spacial score (nSPS) is 12.6. The van der Waals surface area contributed by atoms with Crippen LogP contribution in [0.2, 0.25) is 0 Å². The van der Waals surface area contributed by atoms with Gasteiger partial charge in [-0.15, -0.1) is 0 Å². The lowest BCUT2D eigenvalue weighted by Gasteiger charge is -2.18. The van der Waals surface area contributed by atoms with Crippen molar-refractivity contribution in [3.8, 4) is 0 Å². The molecule has 0 saturated heterocycles. The number of hydrogen-bond donors (Lipinski definition) is 2. The first-order valence-corrected chi connectivity index (χ1v) is 33.5. The molecule has 0 aliphatic carbocycles. The minimum atomic E-state index is -0.711. The number of carboxylic acids is 1. The molecule has 0 fully saturated rings. The molecule has 0 aromatic carbocycles. The van der Waals surface area contributed by atoms with Gasteiger partial charge in [-0.3, -0.25) is 9.59 Å². The highest BCUT2D eigenvalue weighted by Crippen LogP contribution is 2.19. The van der Waals surface area contributed by atoms with E-state index in [-0.39, 0.29) is 24.6 Å². The van der Waals surface area contributed by atoms with Gasteiger partial charge in [-0.25, -0.2) is 0 Å². The Morgan fingerprint density at radius 3 is 0.961 bits per heavy atom. The summed E-state index contributed by atoms with van der Waals surface area (Å²) < 4.78 is 5.94. The number of ether oxygens (including phenoxy) is 1. The van der Waals surface area contributed by atoms with Crippen LogP contribution >= 0.6 is 0 Å². The molecule has 7 nitrogen and oxygen atoms in total. The zero-order chi connectivity index (χ0) is 57.2. The largest absolute Gasteiger partial charge is 0.481 e. The van der Waals surface area contributed by atoms with Crippen LogP contribution in [0.25, 0.3) is 0 Å². The van der Waals surface area contributed by atoms with Crippen LogP contribution in [0.1, 0.15) is 336 Å². The number of aliphatic hydroxyl groups is 1. The zero-order valence-corrected chi connectivity index (χ0v) is 53.1. The van der Waals surface area contributed by atoms with Gasteiger partial charge in [-0.05, 0) is 157 Å². The van der Waals surface area contributed by atoms with Crippen LogP contribution in [0.15, 0.2) is 48.6 Å². The Bertz CT molecular complexity index is 1260. The van der Waals surface area contributed by atoms with E-state index in [1.54, 1.807) is 0 Å². The van der Waals surface area contributed by atoms with E-state index in [0.29, 0.717) is 6.42 Å². The number of unbranched alkanes of at least 4 members (excludes halogenated alkanes) is 32. The van der Waals surface area contributed by atoms with Gasteiger partial charge < -0.3 is 24.7 Å². The van der Waals surface area contributed by atoms with E-state index in [4.69, 9.17) is 9.84 Å². The van der Waals surface area contributed by atoms with Crippen molar-refractivity contribution < 1.29 is 24.5 Å². The van der Waals surface area contributed by atoms with Gasteiger partial charge in [0.15, 0.2) is 0 Å². The average Bonchev–Trinajstić information content (AvgIpc) is 3.39. The van der Waals surface area contributed by atoms with Gasteiger partial charge in [0, 0.05) is 12.8 Å². The fraction of sp³-hybridized carbons (Fsp3) is 0.857. The minimum Gasteiger partial charge on any atom is -0.481 e. The molecule has 2 N–H and O–H groups in total. The van der Waals surface area contributed by atoms with E-state index >= 15 is 0 Å². The third-order valence-electron chi connectivity index (χ3n) is 14.5. The van der Waals surface area contributed by atoms with Gasteiger partial charge in [0.25, 0.3) is 0 Å². The molecular formula is C70H136N2O5. The Kier molecular flexibility index (Phi) is 71.7. The van der Waals surface area contributed by atoms with Gasteiger partial charge in [0.05, 0.1) is 6.10 Å². The number of carbonyl (C=O) groups is 2. The van der Waals surface area contributed by atoms with Crippen molar-refractivity contribution in [3.05, 3.63) is 48.6 Å². The Morgan fingerprint density at radius 1 is 0.364 bits per heavy atom. The number of allylic oxidation sites excluding steroid dienone is 8. The number of aliphatic carboxylic acids is 1. The second kappa shape index (κ2) is 69.9. The molecule has 2 atom stereocenters. The number of carbonyl (C=O) groups excluding carboxylic acids is 1. The number of carboxylic acid groups (broad SMARTS) is 1. The molecule has 0 aliphatic heterocycles. The Labute approximate surface area is 482 Å². The number of nitrogens with zero attached hydrogens (tertiary/aromatic N) is 2. The number of rotatable bonds is 57. The fourth-order valence-electron chi connectivity index (χ4n) is 9.49. The lowest BCUT2D eigenvalue weighted by atomic mass is 10.0. The van der Waals surface area contributed by atoms with Gasteiger partial charge in [0.1, 0.15) is 6.10 Å². The van der Waals surface area contributed by atoms with Crippen LogP contribution in [-0.4, -0.2) is 85.4 Å². The molecule has 0 heterocycles. The third-order valence-corrected chi connectivity index (χ3v) is 14.5. The molecule has 77 heavy (non-hydrogen) atoms. The predicted molar refractivity (Wildman–Crippen MR) is 342 cm³/mol. The Morgan fingerprint density at radius 2 is 0.636 bits per heavy atom. The van der Waals surface area contributed by atoms with Crippen LogP contribution in [-0.2, 0) is 14.3 Å². The van der Waals surface area contributed by atoms with Crippen LogP contribution < -0.4 is 0 Å². The summed E-state index contributed by atoms with van der Waals surface area (Å²) in [5.41, 5.74) is 0. The van der Waals surface area contributed by atoms with E-state index in [1.807, 2.05) is 19.0 Å². The second-order valence-corrected chi connectivity index (χ2v) is 23.2. The predicted octanol–water partition coefficient (Wildman–Crippen LogP) is 21.5. The number of aliphatic hydroxyl groups excluding tert-OH is 1. The molecule has 0 aromatic rings. The smallest absolute Gasteiger partial charge is 0.306 e. The summed E-state index contributed by atoms with van der Waals surface area (Å²) in [7, 11) is 7.98. The van der Waals surface area contributed by atoms with E-state index in [2.05, 4.69) is 95.3 Å². The molecule has 0 aromatic heterocycles. The lowest BCUT2D eigenvalue weighted by molar-refractivity contribution is -0.150. The molecule has 0 saturated carbocycles. The maximum Gasteiger partial charge on any atom is 0.306 e. The molecule has 0 amide bonds. The zero-order valence-electron chi connectivity index (χ0n) is 53.1. The molecular weight excluding hydrogens is 949 g/mol. The Hall–Kier alpha value is -2.22. The first kappa shape index (κ1) is 79.0. The monoisotopic (exact) mass is 1090 g/mol. The third kappa shape index (κ3) is 78.1. The van der Waals surface area contributed by atoms with Crippen molar-refractivity contribution in [2.45, 2.75) is 348 Å². The molecule has 456 valence electrons. The minimum absolute atomic E-state index is 0.0110. The summed E-state index contributed by atoms with van der Waals surface area (Å²) in [6, 6.07) is 0. The van der Waals surface area contributed by atoms with Crippen LogP contribution in [0.3, 0.4) is 0 Å². The topological polar surface area (TPSA) is 90.3 Å². The second-order valence-electron chi connectivity index (χ2n) is 23.2. The number of esters is 1. The van der Waals surface area contributed by atoms with Crippen molar-refractivity contribution >= 4 is 11.9 Å². The van der Waals surface area contributed by atoms with Gasteiger partial charge in [0.2, 0.25) is 0 Å². The van der Waals surface area contributed by atoms with Crippen molar-refractivity contribution in [2.75, 3.05) is 41.3 Å².